The number of hydrogen-bond acceptors (Lipinski definition) is 3. The Labute approximate surface area is 98.7 Å². The summed E-state index contributed by atoms with van der Waals surface area (Å²) in [5.74, 6) is 1.03. The molecule has 0 unspecified atom stereocenters. The van der Waals surface area contributed by atoms with Gasteiger partial charge in [-0.2, -0.15) is 0 Å². The minimum Gasteiger partial charge on any atom is -0.354 e. The van der Waals surface area contributed by atoms with Gasteiger partial charge < -0.3 is 10.6 Å². The van der Waals surface area contributed by atoms with Crippen molar-refractivity contribution >= 4 is 5.82 Å². The van der Waals surface area contributed by atoms with Crippen LogP contribution in [-0.4, -0.2) is 17.6 Å². The summed E-state index contributed by atoms with van der Waals surface area (Å²) in [7, 11) is 0. The van der Waals surface area contributed by atoms with Crippen LogP contribution in [0.4, 0.5) is 5.82 Å². The van der Waals surface area contributed by atoms with Crippen molar-refractivity contribution in [3.05, 3.63) is 23.9 Å². The van der Waals surface area contributed by atoms with Crippen LogP contribution in [0.3, 0.4) is 0 Å². The van der Waals surface area contributed by atoms with Crippen LogP contribution in [0.2, 0.25) is 0 Å². The van der Waals surface area contributed by atoms with E-state index in [-0.39, 0.29) is 6.04 Å². The maximum Gasteiger partial charge on any atom is 0.129 e. The maximum absolute atomic E-state index is 5.89. The highest BCUT2D eigenvalue weighted by atomic mass is 15.2. The van der Waals surface area contributed by atoms with Crippen molar-refractivity contribution in [3.63, 3.8) is 0 Å². The third-order valence-electron chi connectivity index (χ3n) is 2.68. The third-order valence-corrected chi connectivity index (χ3v) is 2.68. The smallest absolute Gasteiger partial charge is 0.129 e. The summed E-state index contributed by atoms with van der Waals surface area (Å²) in [5, 5.41) is 0. The van der Waals surface area contributed by atoms with Gasteiger partial charge in [-0.15, -0.1) is 0 Å². The van der Waals surface area contributed by atoms with Crippen molar-refractivity contribution in [2.24, 2.45) is 5.73 Å². The Bertz CT molecular complexity index is 321. The van der Waals surface area contributed by atoms with Crippen molar-refractivity contribution in [1.29, 1.82) is 0 Å². The van der Waals surface area contributed by atoms with Gasteiger partial charge in [0.25, 0.3) is 0 Å². The van der Waals surface area contributed by atoms with Crippen molar-refractivity contribution in [3.8, 4) is 0 Å². The predicted molar refractivity (Wildman–Crippen MR) is 69.6 cm³/mol. The number of nitrogens with two attached hydrogens (primary N) is 1. The highest BCUT2D eigenvalue weighted by Gasteiger charge is 2.11. The topological polar surface area (TPSA) is 42.1 Å². The molecule has 1 heterocycles. The summed E-state index contributed by atoms with van der Waals surface area (Å²) < 4.78 is 0. The first-order valence-corrected chi connectivity index (χ1v) is 6.04. The Hall–Kier alpha value is -1.09. The molecule has 3 nitrogen and oxygen atoms in total. The summed E-state index contributed by atoms with van der Waals surface area (Å²) in [5.41, 5.74) is 7.03. The molecule has 0 aliphatic heterocycles. The van der Waals surface area contributed by atoms with Gasteiger partial charge in [0.15, 0.2) is 0 Å². The van der Waals surface area contributed by atoms with Crippen LogP contribution in [0.5, 0.6) is 0 Å². The first kappa shape index (κ1) is 13.0. The minimum absolute atomic E-state index is 0.0670. The minimum atomic E-state index is 0.0670. The quantitative estimate of drug-likeness (QED) is 0.831. The van der Waals surface area contributed by atoms with Crippen molar-refractivity contribution < 1.29 is 0 Å². The zero-order valence-electron chi connectivity index (χ0n) is 10.8. The van der Waals surface area contributed by atoms with Crippen molar-refractivity contribution in [2.75, 3.05) is 11.4 Å². The summed E-state index contributed by atoms with van der Waals surface area (Å²) in [4.78, 5) is 6.74. The lowest BCUT2D eigenvalue weighted by Gasteiger charge is -2.28. The number of aromatic nitrogens is 1. The monoisotopic (exact) mass is 221 g/mol. The van der Waals surface area contributed by atoms with E-state index in [4.69, 9.17) is 5.73 Å². The van der Waals surface area contributed by atoms with E-state index in [2.05, 4.69) is 36.7 Å². The van der Waals surface area contributed by atoms with E-state index in [1.54, 1.807) is 0 Å². The van der Waals surface area contributed by atoms with Gasteiger partial charge in [-0.25, -0.2) is 4.98 Å². The summed E-state index contributed by atoms with van der Waals surface area (Å²) >= 11 is 0. The van der Waals surface area contributed by atoms with Crippen LogP contribution in [0.15, 0.2) is 18.3 Å². The molecule has 0 bridgehead atoms. The van der Waals surface area contributed by atoms with Gasteiger partial charge in [0.05, 0.1) is 0 Å². The molecule has 90 valence electrons. The summed E-state index contributed by atoms with van der Waals surface area (Å²) in [6, 6.07) is 4.62. The predicted octanol–water partition coefficient (Wildman–Crippen LogP) is 2.73. The van der Waals surface area contributed by atoms with Gasteiger partial charge in [-0.05, 0) is 44.9 Å². The lowest BCUT2D eigenvalue weighted by molar-refractivity contribution is 0.660. The molecule has 0 aliphatic rings. The first-order chi connectivity index (χ1) is 7.56. The second-order valence-corrected chi connectivity index (χ2v) is 4.52. The van der Waals surface area contributed by atoms with Crippen LogP contribution in [0.1, 0.15) is 45.7 Å². The normalized spacial score (nSPS) is 12.9. The van der Waals surface area contributed by atoms with E-state index < -0.39 is 0 Å². The van der Waals surface area contributed by atoms with Crippen LogP contribution < -0.4 is 10.6 Å². The molecule has 1 rings (SSSR count). The fraction of sp³-hybridized carbons (Fsp3) is 0.615. The number of anilines is 1. The number of nitrogens with zero attached hydrogens (tertiary/aromatic N) is 2. The Balaban J connectivity index is 2.95. The fourth-order valence-electron chi connectivity index (χ4n) is 1.75. The molecule has 3 heteroatoms. The highest BCUT2D eigenvalue weighted by molar-refractivity contribution is 5.42. The molecule has 0 radical (unpaired) electrons. The van der Waals surface area contributed by atoms with E-state index in [0.717, 1.165) is 24.3 Å². The Morgan fingerprint density at radius 2 is 2.06 bits per heavy atom. The zero-order valence-corrected chi connectivity index (χ0v) is 10.8. The molecule has 1 aromatic rings. The Kier molecular flexibility index (Phi) is 4.74. The third kappa shape index (κ3) is 3.20. The van der Waals surface area contributed by atoms with E-state index in [1.165, 1.54) is 0 Å². The number of hydrogen-bond donors (Lipinski definition) is 1. The molecule has 1 atom stereocenters. The summed E-state index contributed by atoms with van der Waals surface area (Å²) in [6.45, 7) is 9.60. The maximum atomic E-state index is 5.89. The molecule has 0 spiro atoms. The molecule has 0 saturated carbocycles. The molecule has 0 saturated heterocycles. The molecule has 16 heavy (non-hydrogen) atoms. The molecule has 1 aromatic heterocycles. The molecule has 2 N–H and O–H groups in total. The molecule has 0 fully saturated rings. The molecular weight excluding hydrogens is 198 g/mol. The summed E-state index contributed by atoms with van der Waals surface area (Å²) in [6.07, 6.45) is 2.97. The van der Waals surface area contributed by atoms with Gasteiger partial charge in [0.1, 0.15) is 5.82 Å². The van der Waals surface area contributed by atoms with Gasteiger partial charge in [-0.3, -0.25) is 0 Å². The number of rotatable bonds is 5. The SMILES string of the molecule is CCCN(c1cc([C@@H](C)N)ccn1)C(C)C. The van der Waals surface area contributed by atoms with Crippen molar-refractivity contribution in [1.82, 2.24) is 4.98 Å². The Morgan fingerprint density at radius 3 is 2.56 bits per heavy atom. The second kappa shape index (κ2) is 5.85. The van der Waals surface area contributed by atoms with Crippen LogP contribution in [0, 0.1) is 0 Å². The van der Waals surface area contributed by atoms with E-state index in [9.17, 15) is 0 Å². The number of pyridine rings is 1. The highest BCUT2D eigenvalue weighted by Crippen LogP contribution is 2.18. The largest absolute Gasteiger partial charge is 0.354 e. The van der Waals surface area contributed by atoms with Crippen LogP contribution >= 0.6 is 0 Å². The van der Waals surface area contributed by atoms with E-state index in [0.29, 0.717) is 6.04 Å². The van der Waals surface area contributed by atoms with Gasteiger partial charge >= 0.3 is 0 Å². The fourth-order valence-corrected chi connectivity index (χ4v) is 1.75. The average Bonchev–Trinajstić information content (AvgIpc) is 2.25. The van der Waals surface area contributed by atoms with Gasteiger partial charge in [-0.1, -0.05) is 6.92 Å². The average molecular weight is 221 g/mol. The van der Waals surface area contributed by atoms with Crippen LogP contribution in [0.25, 0.3) is 0 Å². The molecule has 0 aromatic carbocycles. The lowest BCUT2D eigenvalue weighted by Crippen LogP contribution is -2.32. The molecule has 0 amide bonds. The van der Waals surface area contributed by atoms with Crippen molar-refractivity contribution in [2.45, 2.75) is 46.2 Å². The van der Waals surface area contributed by atoms with Gasteiger partial charge in [0, 0.05) is 24.8 Å². The Morgan fingerprint density at radius 1 is 1.38 bits per heavy atom. The zero-order chi connectivity index (χ0) is 12.1. The first-order valence-electron chi connectivity index (χ1n) is 6.04. The van der Waals surface area contributed by atoms with Crippen LogP contribution in [-0.2, 0) is 0 Å². The standard InChI is InChI=1S/C13H23N3/c1-5-8-16(10(2)3)13-9-12(11(4)14)6-7-15-13/h6-7,9-11H,5,8,14H2,1-4H3/t11-/m1/s1. The molecule has 0 aliphatic carbocycles. The van der Waals surface area contributed by atoms with Gasteiger partial charge in [0.2, 0.25) is 0 Å². The second-order valence-electron chi connectivity index (χ2n) is 4.52. The lowest BCUT2D eigenvalue weighted by atomic mass is 10.1. The molecular formula is C13H23N3. The van der Waals surface area contributed by atoms with E-state index >= 15 is 0 Å². The van der Waals surface area contributed by atoms with E-state index in [1.807, 2.05) is 19.2 Å².